The summed E-state index contributed by atoms with van der Waals surface area (Å²) < 4.78 is 158. The summed E-state index contributed by atoms with van der Waals surface area (Å²) in [5, 5.41) is 4.09. The average molecular weight is 755 g/mol. The largest absolute Gasteiger partial charge is 0.310 e. The standard InChI is InChI=1S/C57H39N/c1-3-18-48(19-4-1)57(49-20-5-2-6-21-49)53-23-12-11-22-52(53)56-54(57)24-13-25-55(56)58(50-34-30-42(31-35-50)46-28-26-40-14-7-9-16-44(40)38-46)51-36-32-43(33-37-51)47-29-27-41-15-8-10-17-45(41)39-47/h1-39H/i1D,2D,3D,4D,5D,6D,11D,12D,13D,18D,19D,20D,21D,22D,23D,24D,25D. The number of rotatable bonds is 7. The summed E-state index contributed by atoms with van der Waals surface area (Å²) in [4.78, 5) is 1.58. The molecule has 0 aliphatic heterocycles. The Hall–Kier alpha value is -7.48. The highest BCUT2D eigenvalue weighted by molar-refractivity contribution is 5.98. The molecule has 0 radical (unpaired) electrons. The van der Waals surface area contributed by atoms with E-state index in [0.717, 1.165) is 43.8 Å². The van der Waals surface area contributed by atoms with Gasteiger partial charge in [-0.15, -0.1) is 0 Å². The number of hydrogen-bond donors (Lipinski definition) is 0. The van der Waals surface area contributed by atoms with Crippen molar-refractivity contribution in [2.75, 3.05) is 4.90 Å². The Morgan fingerprint density at radius 3 is 1.34 bits per heavy atom. The van der Waals surface area contributed by atoms with Gasteiger partial charge in [-0.2, -0.15) is 0 Å². The first-order valence-corrected chi connectivity index (χ1v) is 18.7. The molecule has 0 bridgehead atoms. The second kappa shape index (κ2) is 13.9. The van der Waals surface area contributed by atoms with Crippen LogP contribution in [0.1, 0.15) is 45.6 Å². The molecule has 1 aliphatic carbocycles. The number of anilines is 3. The summed E-state index contributed by atoms with van der Waals surface area (Å²) in [7, 11) is 0. The third-order valence-corrected chi connectivity index (χ3v) is 10.9. The number of fused-ring (bicyclic) bond motifs is 5. The maximum atomic E-state index is 9.94. The number of nitrogens with zero attached hydrogens (tertiary/aromatic N) is 1. The van der Waals surface area contributed by atoms with Gasteiger partial charge in [-0.05, 0) is 114 Å². The van der Waals surface area contributed by atoms with Gasteiger partial charge in [0.2, 0.25) is 0 Å². The van der Waals surface area contributed by atoms with Gasteiger partial charge < -0.3 is 4.90 Å². The van der Waals surface area contributed by atoms with E-state index in [1.165, 1.54) is 0 Å². The fraction of sp³-hybridized carbons (Fsp3) is 0.0175. The molecule has 0 unspecified atom stereocenters. The van der Waals surface area contributed by atoms with Crippen molar-refractivity contribution in [2.24, 2.45) is 0 Å². The topological polar surface area (TPSA) is 3.24 Å². The van der Waals surface area contributed by atoms with Crippen LogP contribution in [-0.4, -0.2) is 0 Å². The molecule has 1 aliphatic rings. The Morgan fingerprint density at radius 1 is 0.362 bits per heavy atom. The van der Waals surface area contributed by atoms with Crippen molar-refractivity contribution in [2.45, 2.75) is 5.41 Å². The zero-order chi connectivity index (χ0) is 53.3. The van der Waals surface area contributed by atoms with Gasteiger partial charge in [0.05, 0.1) is 34.4 Å². The summed E-state index contributed by atoms with van der Waals surface area (Å²) in [6.07, 6.45) is 0. The van der Waals surface area contributed by atoms with Gasteiger partial charge >= 0.3 is 0 Å². The van der Waals surface area contributed by atoms with E-state index in [1.54, 1.807) is 29.2 Å². The second-order valence-electron chi connectivity index (χ2n) is 14.0. The van der Waals surface area contributed by atoms with E-state index in [2.05, 4.69) is 0 Å². The minimum absolute atomic E-state index is 0.240. The first-order chi connectivity index (χ1) is 35.8. The Labute approximate surface area is 363 Å². The molecule has 272 valence electrons. The van der Waals surface area contributed by atoms with Crippen LogP contribution in [0.4, 0.5) is 17.1 Å². The van der Waals surface area contributed by atoms with Gasteiger partial charge in [-0.25, -0.2) is 0 Å². The molecule has 58 heavy (non-hydrogen) atoms. The van der Waals surface area contributed by atoms with Crippen molar-refractivity contribution in [3.05, 3.63) is 258 Å². The minimum Gasteiger partial charge on any atom is -0.310 e. The fourth-order valence-corrected chi connectivity index (χ4v) is 8.25. The average Bonchev–Trinajstić information content (AvgIpc) is 3.75. The molecule has 0 N–H and O–H groups in total. The first-order valence-electron chi connectivity index (χ1n) is 27.2. The second-order valence-corrected chi connectivity index (χ2v) is 14.0. The Balaban J connectivity index is 1.30. The van der Waals surface area contributed by atoms with Crippen LogP contribution in [0.25, 0.3) is 54.9 Å². The molecule has 1 nitrogen and oxygen atoms in total. The molecule has 0 amide bonds. The van der Waals surface area contributed by atoms with E-state index in [1.807, 2.05) is 109 Å². The van der Waals surface area contributed by atoms with Gasteiger partial charge in [0, 0.05) is 16.9 Å². The summed E-state index contributed by atoms with van der Waals surface area (Å²) in [6, 6.07) is 27.4. The highest BCUT2D eigenvalue weighted by Gasteiger charge is 2.47. The van der Waals surface area contributed by atoms with Crippen LogP contribution in [0, 0.1) is 0 Å². The van der Waals surface area contributed by atoms with Crippen molar-refractivity contribution in [1.82, 2.24) is 0 Å². The molecule has 11 rings (SSSR count). The third kappa shape index (κ3) is 5.47. The van der Waals surface area contributed by atoms with E-state index in [4.69, 9.17) is 11.0 Å². The van der Waals surface area contributed by atoms with E-state index in [0.29, 0.717) is 11.4 Å². The number of benzene rings is 10. The maximum absolute atomic E-state index is 9.94. The Kier molecular flexibility index (Phi) is 4.95. The van der Waals surface area contributed by atoms with Crippen LogP contribution < -0.4 is 4.90 Å². The van der Waals surface area contributed by atoms with Crippen LogP contribution in [0.15, 0.2) is 236 Å². The van der Waals surface area contributed by atoms with Crippen molar-refractivity contribution >= 4 is 38.6 Å². The summed E-state index contributed by atoms with van der Waals surface area (Å²) in [5.41, 5.74) is -2.59. The molecule has 0 fully saturated rings. The molecule has 10 aromatic rings. The highest BCUT2D eigenvalue weighted by atomic mass is 15.1. The van der Waals surface area contributed by atoms with Crippen LogP contribution in [0.2, 0.25) is 0 Å². The lowest BCUT2D eigenvalue weighted by Crippen LogP contribution is -2.28. The monoisotopic (exact) mass is 754 g/mol. The lowest BCUT2D eigenvalue weighted by molar-refractivity contribution is 0.768. The first kappa shape index (κ1) is 20.6. The number of hydrogen-bond acceptors (Lipinski definition) is 1. The van der Waals surface area contributed by atoms with Gasteiger partial charge in [-0.3, -0.25) is 0 Å². The quantitative estimate of drug-likeness (QED) is 0.157. The maximum Gasteiger partial charge on any atom is 0.0714 e. The zero-order valence-corrected chi connectivity index (χ0v) is 30.6. The van der Waals surface area contributed by atoms with E-state index >= 15 is 0 Å². The third-order valence-electron chi connectivity index (χ3n) is 10.9. The molecule has 0 saturated heterocycles. The molecular weight excluding hydrogens is 699 g/mol. The van der Waals surface area contributed by atoms with Gasteiger partial charge in [0.25, 0.3) is 0 Å². The van der Waals surface area contributed by atoms with E-state index in [9.17, 15) is 12.3 Å². The van der Waals surface area contributed by atoms with Crippen molar-refractivity contribution in [1.29, 1.82) is 0 Å². The molecule has 1 heteroatoms. The molecule has 0 heterocycles. The molecule has 10 aromatic carbocycles. The lowest BCUT2D eigenvalue weighted by atomic mass is 9.68. The predicted octanol–water partition coefficient (Wildman–Crippen LogP) is 15.2. The SMILES string of the molecule is [2H]c1c([2H])c([2H])c(C2(c3c([2H])c([2H])c([2H])c([2H])c3[2H])c3c([2H])c([2H])c([2H])c([2H])c3-c3c(N(c4ccc(-c5ccc6ccccc6c5)cc4)c4ccc(-c5ccc6ccccc6c5)cc4)c([2H])c([2H])c([2H])c32)c([2H])c1[2H]. The van der Waals surface area contributed by atoms with Crippen molar-refractivity contribution in [3.63, 3.8) is 0 Å². The normalized spacial score (nSPS) is 16.7. The Morgan fingerprint density at radius 2 is 0.810 bits per heavy atom. The molecule has 0 aromatic heterocycles. The lowest BCUT2D eigenvalue weighted by Gasteiger charge is -2.34. The van der Waals surface area contributed by atoms with Gasteiger partial charge in [0.1, 0.15) is 0 Å². The van der Waals surface area contributed by atoms with Gasteiger partial charge in [0.15, 0.2) is 0 Å². The fourth-order valence-electron chi connectivity index (χ4n) is 8.25. The molecule has 0 atom stereocenters. The summed E-state index contributed by atoms with van der Waals surface area (Å²) in [5.74, 6) is 0. The van der Waals surface area contributed by atoms with Crippen LogP contribution in [0.5, 0.6) is 0 Å². The highest BCUT2D eigenvalue weighted by Crippen LogP contribution is 2.59. The van der Waals surface area contributed by atoms with Crippen LogP contribution >= 0.6 is 0 Å². The van der Waals surface area contributed by atoms with Crippen LogP contribution in [0.3, 0.4) is 0 Å². The van der Waals surface area contributed by atoms with E-state index < -0.39 is 136 Å². The predicted molar refractivity (Wildman–Crippen MR) is 244 cm³/mol. The smallest absolute Gasteiger partial charge is 0.0714 e. The summed E-state index contributed by atoms with van der Waals surface area (Å²) in [6.45, 7) is 0. The molecule has 0 saturated carbocycles. The van der Waals surface area contributed by atoms with Crippen LogP contribution in [-0.2, 0) is 5.41 Å². The molecular formula is C57H39N. The van der Waals surface area contributed by atoms with E-state index in [-0.39, 0.29) is 11.3 Å². The van der Waals surface area contributed by atoms with Gasteiger partial charge in [-0.1, -0.05) is 194 Å². The van der Waals surface area contributed by atoms with Crippen molar-refractivity contribution in [3.8, 4) is 33.4 Å². The molecule has 0 spiro atoms. The summed E-state index contributed by atoms with van der Waals surface area (Å²) >= 11 is 0. The minimum atomic E-state index is -2.94. The van der Waals surface area contributed by atoms with Crippen molar-refractivity contribution < 1.29 is 23.3 Å². The Bertz CT molecular complexity index is 3850. The zero-order valence-electron chi connectivity index (χ0n) is 47.6.